The Kier molecular flexibility index (Phi) is 5.05. The Morgan fingerprint density at radius 2 is 1.89 bits per heavy atom. The van der Waals surface area contributed by atoms with E-state index in [0.29, 0.717) is 12.4 Å². The Morgan fingerprint density at radius 1 is 1.11 bits per heavy atom. The van der Waals surface area contributed by atoms with Crippen molar-refractivity contribution in [2.45, 2.75) is 13.3 Å². The molecule has 0 aliphatic carbocycles. The van der Waals surface area contributed by atoms with Gasteiger partial charge in [-0.3, -0.25) is 5.10 Å². The monoisotopic (exact) mass is 365 g/mol. The van der Waals surface area contributed by atoms with Gasteiger partial charge in [0.25, 0.3) is 0 Å². The van der Waals surface area contributed by atoms with Crippen molar-refractivity contribution < 1.29 is 9.47 Å². The lowest BCUT2D eigenvalue weighted by Gasteiger charge is -2.37. The van der Waals surface area contributed by atoms with E-state index in [1.807, 2.05) is 12.1 Å². The summed E-state index contributed by atoms with van der Waals surface area (Å²) in [5, 5.41) is 8.83. The molecule has 0 unspecified atom stereocenters. The predicted octanol–water partition coefficient (Wildman–Crippen LogP) is 3.49. The van der Waals surface area contributed by atoms with Gasteiger partial charge in [0, 0.05) is 37.6 Å². The zero-order valence-electron chi connectivity index (χ0n) is 15.9. The molecule has 0 saturated carbocycles. The molecule has 141 valence electrons. The fourth-order valence-electron chi connectivity index (χ4n) is 3.56. The highest BCUT2D eigenvalue weighted by molar-refractivity contribution is 5.90. The van der Waals surface area contributed by atoms with Gasteiger partial charge < -0.3 is 19.3 Å². The Bertz CT molecular complexity index is 900. The SMILES string of the molecule is CCCOc1[c]ccc(N2CCN(c3n[nH]c4ccccc34)CC2)c1OC. The van der Waals surface area contributed by atoms with E-state index in [1.54, 1.807) is 7.11 Å². The van der Waals surface area contributed by atoms with Crippen molar-refractivity contribution >= 4 is 22.4 Å². The molecule has 1 aliphatic rings. The van der Waals surface area contributed by atoms with Crippen LogP contribution in [-0.4, -0.2) is 50.1 Å². The average molecular weight is 365 g/mol. The van der Waals surface area contributed by atoms with Crippen molar-refractivity contribution in [2.24, 2.45) is 0 Å². The molecule has 0 bridgehead atoms. The molecule has 27 heavy (non-hydrogen) atoms. The van der Waals surface area contributed by atoms with Crippen LogP contribution in [0.5, 0.6) is 11.5 Å². The fraction of sp³-hybridized carbons (Fsp3) is 0.381. The Morgan fingerprint density at radius 3 is 2.67 bits per heavy atom. The van der Waals surface area contributed by atoms with Crippen molar-refractivity contribution in [1.82, 2.24) is 10.2 Å². The largest absolute Gasteiger partial charge is 0.491 e. The first-order valence-electron chi connectivity index (χ1n) is 9.46. The third-order valence-electron chi connectivity index (χ3n) is 4.92. The zero-order valence-corrected chi connectivity index (χ0v) is 15.9. The standard InChI is InChI=1S/C21H25N4O2/c1-3-15-27-19-10-6-9-18(20(19)26-2)24-11-13-25(14-12-24)21-16-7-4-5-8-17(16)22-23-21/h4-9H,3,11-15H2,1-2H3,(H,22,23). The molecular weight excluding hydrogens is 340 g/mol. The quantitative estimate of drug-likeness (QED) is 0.725. The Hall–Kier alpha value is -2.89. The van der Waals surface area contributed by atoms with Gasteiger partial charge in [0.05, 0.1) is 24.9 Å². The lowest BCUT2D eigenvalue weighted by atomic mass is 10.2. The molecule has 2 heterocycles. The molecule has 0 atom stereocenters. The van der Waals surface area contributed by atoms with E-state index in [0.717, 1.165) is 55.4 Å². The number of fused-ring (bicyclic) bond motifs is 1. The normalized spacial score (nSPS) is 14.6. The van der Waals surface area contributed by atoms with Crippen LogP contribution in [0.2, 0.25) is 0 Å². The van der Waals surface area contributed by atoms with Gasteiger partial charge in [0.2, 0.25) is 0 Å². The number of H-pyrrole nitrogens is 1. The first kappa shape index (κ1) is 17.5. The summed E-state index contributed by atoms with van der Waals surface area (Å²) in [5.41, 5.74) is 2.14. The number of hydrogen-bond donors (Lipinski definition) is 1. The molecule has 3 aromatic rings. The van der Waals surface area contributed by atoms with Crippen LogP contribution in [0.4, 0.5) is 11.5 Å². The molecule has 2 aromatic carbocycles. The second-order valence-corrected chi connectivity index (χ2v) is 6.64. The highest BCUT2D eigenvalue weighted by Gasteiger charge is 2.23. The number of hydrogen-bond acceptors (Lipinski definition) is 5. The van der Waals surface area contributed by atoms with Gasteiger partial charge >= 0.3 is 0 Å². The summed E-state index contributed by atoms with van der Waals surface area (Å²) in [4.78, 5) is 4.68. The minimum absolute atomic E-state index is 0.663. The predicted molar refractivity (Wildman–Crippen MR) is 108 cm³/mol. The molecule has 1 saturated heterocycles. The van der Waals surface area contributed by atoms with Crippen molar-refractivity contribution in [3.63, 3.8) is 0 Å². The summed E-state index contributed by atoms with van der Waals surface area (Å²) in [5.74, 6) is 2.49. The smallest absolute Gasteiger partial charge is 0.184 e. The van der Waals surface area contributed by atoms with E-state index in [9.17, 15) is 0 Å². The van der Waals surface area contributed by atoms with Crippen LogP contribution in [0.1, 0.15) is 13.3 Å². The molecule has 1 aliphatic heterocycles. The van der Waals surface area contributed by atoms with Gasteiger partial charge in [-0.1, -0.05) is 19.1 Å². The van der Waals surface area contributed by atoms with Gasteiger partial charge in [0.1, 0.15) is 0 Å². The lowest BCUT2D eigenvalue weighted by Crippen LogP contribution is -2.46. The van der Waals surface area contributed by atoms with E-state index in [4.69, 9.17) is 9.47 Å². The molecule has 0 spiro atoms. The third-order valence-corrected chi connectivity index (χ3v) is 4.92. The number of nitrogens with one attached hydrogen (secondary N) is 1. The van der Waals surface area contributed by atoms with E-state index >= 15 is 0 Å². The Labute approximate surface area is 159 Å². The summed E-state index contributed by atoms with van der Waals surface area (Å²) < 4.78 is 11.5. The highest BCUT2D eigenvalue weighted by atomic mass is 16.5. The number of piperazine rings is 1. The minimum atomic E-state index is 0.663. The Balaban J connectivity index is 1.51. The fourth-order valence-corrected chi connectivity index (χ4v) is 3.56. The van der Waals surface area contributed by atoms with Gasteiger partial charge in [-0.25, -0.2) is 0 Å². The van der Waals surface area contributed by atoms with Gasteiger partial charge in [0.15, 0.2) is 17.3 Å². The molecule has 0 amide bonds. The molecule has 1 N–H and O–H groups in total. The van der Waals surface area contributed by atoms with E-state index in [-0.39, 0.29) is 0 Å². The first-order chi connectivity index (χ1) is 13.3. The van der Waals surface area contributed by atoms with Gasteiger partial charge in [-0.05, 0) is 30.7 Å². The average Bonchev–Trinajstić information content (AvgIpc) is 3.16. The molecule has 6 nitrogen and oxygen atoms in total. The molecular formula is C21H25N4O2. The summed E-state index contributed by atoms with van der Waals surface area (Å²) >= 11 is 0. The summed E-state index contributed by atoms with van der Waals surface area (Å²) in [7, 11) is 1.69. The van der Waals surface area contributed by atoms with E-state index in [1.165, 1.54) is 5.39 Å². The van der Waals surface area contributed by atoms with E-state index in [2.05, 4.69) is 57.3 Å². The van der Waals surface area contributed by atoms with Crippen molar-refractivity contribution in [1.29, 1.82) is 0 Å². The lowest BCUT2D eigenvalue weighted by molar-refractivity contribution is 0.293. The maximum absolute atomic E-state index is 5.81. The number of anilines is 2. The molecule has 1 radical (unpaired) electrons. The van der Waals surface area contributed by atoms with Crippen molar-refractivity contribution in [2.75, 3.05) is 49.7 Å². The number of rotatable bonds is 6. The first-order valence-corrected chi connectivity index (χ1v) is 9.46. The molecule has 6 heteroatoms. The number of aromatic nitrogens is 2. The number of para-hydroxylation sites is 1. The van der Waals surface area contributed by atoms with E-state index < -0.39 is 0 Å². The summed E-state index contributed by atoms with van der Waals surface area (Å²) in [6, 6.07) is 15.4. The highest BCUT2D eigenvalue weighted by Crippen LogP contribution is 2.38. The maximum atomic E-state index is 5.81. The number of benzene rings is 2. The number of ether oxygens (including phenoxy) is 2. The second-order valence-electron chi connectivity index (χ2n) is 6.64. The van der Waals surface area contributed by atoms with Crippen LogP contribution in [-0.2, 0) is 0 Å². The van der Waals surface area contributed by atoms with Crippen LogP contribution in [0, 0.1) is 6.07 Å². The minimum Gasteiger partial charge on any atom is -0.491 e. The zero-order chi connectivity index (χ0) is 18.6. The molecule has 4 rings (SSSR count). The second kappa shape index (κ2) is 7.78. The van der Waals surface area contributed by atoms with Crippen LogP contribution in [0.3, 0.4) is 0 Å². The van der Waals surface area contributed by atoms with Crippen molar-refractivity contribution in [3.05, 3.63) is 42.5 Å². The number of aromatic amines is 1. The maximum Gasteiger partial charge on any atom is 0.184 e. The van der Waals surface area contributed by atoms with Gasteiger partial charge in [-0.15, -0.1) is 0 Å². The van der Waals surface area contributed by atoms with Crippen LogP contribution in [0.15, 0.2) is 36.4 Å². The van der Waals surface area contributed by atoms with Crippen molar-refractivity contribution in [3.8, 4) is 11.5 Å². The van der Waals surface area contributed by atoms with Gasteiger partial charge in [-0.2, -0.15) is 5.10 Å². The van der Waals surface area contributed by atoms with Crippen LogP contribution in [0.25, 0.3) is 10.9 Å². The number of methoxy groups -OCH3 is 1. The van der Waals surface area contributed by atoms with Crippen LogP contribution < -0.4 is 19.3 Å². The van der Waals surface area contributed by atoms with Crippen LogP contribution >= 0.6 is 0 Å². The topological polar surface area (TPSA) is 53.6 Å². The summed E-state index contributed by atoms with van der Waals surface area (Å²) in [6.07, 6.45) is 0.956. The molecule has 1 aromatic heterocycles. The number of nitrogens with zero attached hydrogens (tertiary/aromatic N) is 3. The third kappa shape index (κ3) is 3.39. The molecule has 1 fully saturated rings. The summed E-state index contributed by atoms with van der Waals surface area (Å²) in [6.45, 7) is 6.36.